The van der Waals surface area contributed by atoms with Crippen LogP contribution in [-0.4, -0.2) is 57.8 Å². The van der Waals surface area contributed by atoms with E-state index < -0.39 is 0 Å². The van der Waals surface area contributed by atoms with Crippen molar-refractivity contribution >= 4 is 23.6 Å². The Morgan fingerprint density at radius 3 is 2.48 bits per heavy atom. The Kier molecular flexibility index (Phi) is 3.97. The summed E-state index contributed by atoms with van der Waals surface area (Å²) in [5.74, 6) is 0.566. The first-order valence-electron chi connectivity index (χ1n) is 8.15. The van der Waals surface area contributed by atoms with E-state index >= 15 is 0 Å². The zero-order valence-electron chi connectivity index (χ0n) is 13.3. The summed E-state index contributed by atoms with van der Waals surface area (Å²) in [6.07, 6.45) is 7.55. The first kappa shape index (κ1) is 15.2. The summed E-state index contributed by atoms with van der Waals surface area (Å²) in [7, 11) is 0. The van der Waals surface area contributed by atoms with Gasteiger partial charge in [-0.3, -0.25) is 9.59 Å². The van der Waals surface area contributed by atoms with Gasteiger partial charge < -0.3 is 9.80 Å². The Bertz CT molecular complexity index is 442. The number of thioether (sulfide) groups is 1. The summed E-state index contributed by atoms with van der Waals surface area (Å²) in [5.41, 5.74) is 0. The summed E-state index contributed by atoms with van der Waals surface area (Å²) in [6, 6.07) is -0.428. The van der Waals surface area contributed by atoms with Gasteiger partial charge in [-0.15, -0.1) is 0 Å². The van der Waals surface area contributed by atoms with E-state index in [0.717, 1.165) is 25.9 Å². The van der Waals surface area contributed by atoms with Crippen molar-refractivity contribution < 1.29 is 9.59 Å². The number of carbonyl (C=O) groups is 2. The smallest absolute Gasteiger partial charge is 0.246 e. The number of fused-ring (bicyclic) bond motifs is 1. The highest BCUT2D eigenvalue weighted by molar-refractivity contribution is 8.00. The molecule has 5 heteroatoms. The third-order valence-electron chi connectivity index (χ3n) is 5.48. The molecule has 3 fully saturated rings. The van der Waals surface area contributed by atoms with Crippen molar-refractivity contribution in [1.29, 1.82) is 0 Å². The highest BCUT2D eigenvalue weighted by Crippen LogP contribution is 2.44. The molecule has 2 unspecified atom stereocenters. The second kappa shape index (κ2) is 5.49. The average Bonchev–Trinajstić information content (AvgIpc) is 2.88. The Hall–Kier alpha value is -0.710. The second-order valence-corrected chi connectivity index (χ2v) is 8.36. The molecule has 2 aliphatic heterocycles. The summed E-state index contributed by atoms with van der Waals surface area (Å²) < 4.78 is 0.198. The maximum absolute atomic E-state index is 12.9. The molecule has 2 amide bonds. The van der Waals surface area contributed by atoms with Crippen LogP contribution in [0.25, 0.3) is 0 Å². The molecule has 118 valence electrons. The Morgan fingerprint density at radius 2 is 1.95 bits per heavy atom. The fourth-order valence-corrected chi connectivity index (χ4v) is 5.01. The molecule has 3 aliphatic rings. The van der Waals surface area contributed by atoms with E-state index in [1.807, 2.05) is 21.6 Å². The van der Waals surface area contributed by atoms with Crippen LogP contribution in [0.1, 0.15) is 46.0 Å². The summed E-state index contributed by atoms with van der Waals surface area (Å²) >= 11 is 1.88. The molecular formula is C16H26N2O2S. The molecule has 3 rings (SSSR count). The van der Waals surface area contributed by atoms with Crippen LogP contribution in [-0.2, 0) is 9.59 Å². The van der Waals surface area contributed by atoms with E-state index in [9.17, 15) is 9.59 Å². The first-order valence-corrected chi connectivity index (χ1v) is 9.38. The summed E-state index contributed by atoms with van der Waals surface area (Å²) in [4.78, 5) is 29.5. The largest absolute Gasteiger partial charge is 0.329 e. The minimum Gasteiger partial charge on any atom is -0.329 e. The predicted octanol–water partition coefficient (Wildman–Crippen LogP) is 2.13. The third-order valence-corrected chi connectivity index (χ3v) is 6.88. The van der Waals surface area contributed by atoms with Gasteiger partial charge in [-0.1, -0.05) is 20.3 Å². The van der Waals surface area contributed by atoms with Crippen LogP contribution in [0.15, 0.2) is 0 Å². The van der Waals surface area contributed by atoms with Crippen molar-refractivity contribution in [2.24, 2.45) is 5.92 Å². The van der Waals surface area contributed by atoms with E-state index in [1.165, 1.54) is 19.3 Å². The van der Waals surface area contributed by atoms with E-state index in [1.54, 1.807) is 0 Å². The van der Waals surface area contributed by atoms with Gasteiger partial charge in [-0.05, 0) is 37.9 Å². The fourth-order valence-electron chi connectivity index (χ4n) is 4.05. The molecule has 21 heavy (non-hydrogen) atoms. The molecule has 0 aromatic heterocycles. The van der Waals surface area contributed by atoms with Gasteiger partial charge in [-0.2, -0.15) is 11.8 Å². The monoisotopic (exact) mass is 310 g/mol. The molecular weight excluding hydrogens is 284 g/mol. The maximum Gasteiger partial charge on any atom is 0.246 e. The normalized spacial score (nSPS) is 31.6. The molecule has 0 bridgehead atoms. The summed E-state index contributed by atoms with van der Waals surface area (Å²) in [6.45, 7) is 5.64. The number of nitrogens with zero attached hydrogens (tertiary/aromatic N) is 2. The lowest BCUT2D eigenvalue weighted by Gasteiger charge is -2.50. The lowest BCUT2D eigenvalue weighted by molar-refractivity contribution is -0.162. The first-order chi connectivity index (χ1) is 9.99. The maximum atomic E-state index is 12.9. The Labute approximate surface area is 131 Å². The highest BCUT2D eigenvalue weighted by atomic mass is 32.2. The quantitative estimate of drug-likeness (QED) is 0.799. The van der Waals surface area contributed by atoms with Crippen LogP contribution in [0.2, 0.25) is 0 Å². The molecule has 0 radical (unpaired) electrons. The molecule has 2 atom stereocenters. The minimum atomic E-state index is -0.253. The van der Waals surface area contributed by atoms with Gasteiger partial charge in [0.2, 0.25) is 11.8 Å². The van der Waals surface area contributed by atoms with Crippen molar-refractivity contribution in [3.05, 3.63) is 0 Å². The van der Waals surface area contributed by atoms with Crippen LogP contribution in [0.4, 0.5) is 0 Å². The number of piperazine rings is 1. The van der Waals surface area contributed by atoms with Crippen LogP contribution in [0.3, 0.4) is 0 Å². The highest BCUT2D eigenvalue weighted by Gasteiger charge is 2.51. The Morgan fingerprint density at radius 1 is 1.24 bits per heavy atom. The molecule has 0 aromatic rings. The van der Waals surface area contributed by atoms with Crippen molar-refractivity contribution in [3.8, 4) is 0 Å². The SMILES string of the molecule is CSC1(CN2C(=O)C3CCCN3C(=O)C2C(C)C)CCC1. The van der Waals surface area contributed by atoms with Gasteiger partial charge >= 0.3 is 0 Å². The molecule has 0 N–H and O–H groups in total. The lowest BCUT2D eigenvalue weighted by Crippen LogP contribution is -2.66. The minimum absolute atomic E-state index is 0.175. The van der Waals surface area contributed by atoms with Crippen molar-refractivity contribution in [2.75, 3.05) is 19.3 Å². The van der Waals surface area contributed by atoms with Gasteiger partial charge in [-0.25, -0.2) is 0 Å². The van der Waals surface area contributed by atoms with E-state index in [-0.39, 0.29) is 34.6 Å². The third kappa shape index (κ3) is 2.37. The van der Waals surface area contributed by atoms with Crippen LogP contribution < -0.4 is 0 Å². The molecule has 0 aromatic carbocycles. The van der Waals surface area contributed by atoms with Crippen molar-refractivity contribution in [3.63, 3.8) is 0 Å². The molecule has 0 spiro atoms. The number of hydrogen-bond donors (Lipinski definition) is 0. The van der Waals surface area contributed by atoms with Gasteiger partial charge in [0.1, 0.15) is 12.1 Å². The number of carbonyl (C=O) groups excluding carboxylic acids is 2. The topological polar surface area (TPSA) is 40.6 Å². The van der Waals surface area contributed by atoms with Crippen LogP contribution >= 0.6 is 11.8 Å². The lowest BCUT2D eigenvalue weighted by atomic mass is 9.82. The zero-order chi connectivity index (χ0) is 15.2. The molecule has 2 heterocycles. The van der Waals surface area contributed by atoms with Gasteiger partial charge in [0, 0.05) is 17.8 Å². The molecule has 1 aliphatic carbocycles. The van der Waals surface area contributed by atoms with Crippen molar-refractivity contribution in [2.45, 2.75) is 62.8 Å². The number of rotatable bonds is 4. The zero-order valence-corrected chi connectivity index (χ0v) is 14.1. The predicted molar refractivity (Wildman–Crippen MR) is 85.2 cm³/mol. The molecule has 2 saturated heterocycles. The van der Waals surface area contributed by atoms with Crippen LogP contribution in [0, 0.1) is 5.92 Å². The molecule has 4 nitrogen and oxygen atoms in total. The summed E-state index contributed by atoms with van der Waals surface area (Å²) in [5, 5.41) is 0. The van der Waals surface area contributed by atoms with Gasteiger partial charge in [0.25, 0.3) is 0 Å². The van der Waals surface area contributed by atoms with E-state index in [2.05, 4.69) is 20.1 Å². The van der Waals surface area contributed by atoms with E-state index in [4.69, 9.17) is 0 Å². The standard InChI is InChI=1S/C16H26N2O2S/c1-11(2)13-15(20)17-9-4-6-12(17)14(19)18(13)10-16(21-3)7-5-8-16/h11-13H,4-10H2,1-3H3. The van der Waals surface area contributed by atoms with Crippen LogP contribution in [0.5, 0.6) is 0 Å². The number of amides is 2. The van der Waals surface area contributed by atoms with Gasteiger partial charge in [0.05, 0.1) is 0 Å². The fraction of sp³-hybridized carbons (Fsp3) is 0.875. The Balaban J connectivity index is 1.87. The average molecular weight is 310 g/mol. The van der Waals surface area contributed by atoms with E-state index in [0.29, 0.717) is 0 Å². The number of hydrogen-bond acceptors (Lipinski definition) is 3. The second-order valence-electron chi connectivity index (χ2n) is 7.09. The molecule has 1 saturated carbocycles. The van der Waals surface area contributed by atoms with Crippen molar-refractivity contribution in [1.82, 2.24) is 9.80 Å². The van der Waals surface area contributed by atoms with Gasteiger partial charge in [0.15, 0.2) is 0 Å².